The molecule has 358 valence electrons. The summed E-state index contributed by atoms with van der Waals surface area (Å²) in [5, 5.41) is 8.26. The lowest BCUT2D eigenvalue weighted by molar-refractivity contribution is -0.140. The number of aromatic nitrogens is 7. The molecule has 2 fully saturated rings. The molecule has 4 amide bonds. The molecule has 0 bridgehead atoms. The van der Waals surface area contributed by atoms with Gasteiger partial charge < -0.3 is 30.2 Å². The first-order chi connectivity index (χ1) is 32.8. The minimum absolute atomic E-state index is 0.00618. The number of fused-ring (bicyclic) bond motifs is 2. The van der Waals surface area contributed by atoms with Gasteiger partial charge in [0.15, 0.2) is 5.78 Å². The van der Waals surface area contributed by atoms with E-state index >= 15 is 0 Å². The molecular formula is C48H58N12O6S2. The van der Waals surface area contributed by atoms with Crippen molar-refractivity contribution in [3.63, 3.8) is 0 Å². The molecule has 5 N–H and O–H groups in total. The molecule has 0 atom stereocenters. The first-order valence-corrected chi connectivity index (χ1v) is 25.2. The Bertz CT molecular complexity index is 2940. The van der Waals surface area contributed by atoms with E-state index in [1.54, 1.807) is 35.0 Å². The normalized spacial score (nSPS) is 14.6. The molecule has 0 radical (unpaired) electrons. The van der Waals surface area contributed by atoms with Crippen molar-refractivity contribution in [1.82, 2.24) is 43.7 Å². The lowest BCUT2D eigenvalue weighted by Gasteiger charge is -2.38. The van der Waals surface area contributed by atoms with Gasteiger partial charge >= 0.3 is 0 Å². The second-order valence-corrected chi connectivity index (χ2v) is 19.2. The van der Waals surface area contributed by atoms with Crippen LogP contribution in [0, 0.1) is 19.8 Å². The molecule has 1 saturated heterocycles. The highest BCUT2D eigenvalue weighted by Gasteiger charge is 2.31. The third-order valence-electron chi connectivity index (χ3n) is 12.6. The van der Waals surface area contributed by atoms with Gasteiger partial charge in [0.25, 0.3) is 5.91 Å². The number of carbonyl (C=O) groups excluding carboxylic acids is 5. The van der Waals surface area contributed by atoms with Gasteiger partial charge in [-0.2, -0.15) is 5.10 Å². The molecule has 20 heteroatoms. The molecule has 18 nitrogen and oxygen atoms in total. The molecule has 5 heterocycles. The summed E-state index contributed by atoms with van der Waals surface area (Å²) < 4.78 is 11.9. The lowest BCUT2D eigenvalue weighted by atomic mass is 9.84. The van der Waals surface area contributed by atoms with Crippen LogP contribution in [0.1, 0.15) is 103 Å². The number of allylic oxidation sites excluding steroid dienone is 2. The van der Waals surface area contributed by atoms with Gasteiger partial charge in [-0.25, -0.2) is 15.0 Å². The molecule has 6 aromatic rings. The Hall–Kier alpha value is -6.38. The number of ether oxygens (including phenoxy) is 1. The van der Waals surface area contributed by atoms with Crippen LogP contribution in [0.25, 0.3) is 22.1 Å². The van der Waals surface area contributed by atoms with Crippen molar-refractivity contribution >= 4 is 80.5 Å². The van der Waals surface area contributed by atoms with Gasteiger partial charge in [-0.1, -0.05) is 25.5 Å². The highest BCUT2D eigenvalue weighted by molar-refractivity contribution is 7.98. The Morgan fingerprint density at radius 1 is 0.882 bits per heavy atom. The molecule has 68 heavy (non-hydrogen) atoms. The summed E-state index contributed by atoms with van der Waals surface area (Å²) in [4.78, 5) is 85.7. The summed E-state index contributed by atoms with van der Waals surface area (Å²) in [5.74, 6) is -0.156. The van der Waals surface area contributed by atoms with E-state index in [9.17, 15) is 24.0 Å². The second-order valence-electron chi connectivity index (χ2n) is 17.2. The summed E-state index contributed by atoms with van der Waals surface area (Å²) in [6.07, 6.45) is 10.2. The van der Waals surface area contributed by atoms with Gasteiger partial charge in [0, 0.05) is 74.3 Å². The molecule has 0 unspecified atom stereocenters. The highest BCUT2D eigenvalue weighted by atomic mass is 32.2. The smallest absolute Gasteiger partial charge is 0.276 e. The van der Waals surface area contributed by atoms with Crippen LogP contribution in [0.5, 0.6) is 5.75 Å². The number of carbonyl (C=O) groups is 5. The summed E-state index contributed by atoms with van der Waals surface area (Å²) in [6, 6.07) is 8.30. The zero-order chi connectivity index (χ0) is 48.2. The summed E-state index contributed by atoms with van der Waals surface area (Å²) >= 11 is 2.82. The Morgan fingerprint density at radius 3 is 2.22 bits per heavy atom. The van der Waals surface area contributed by atoms with E-state index < -0.39 is 17.7 Å². The van der Waals surface area contributed by atoms with E-state index in [1.165, 1.54) is 23.1 Å². The fraction of sp³-hybridized carbons (Fsp3) is 0.438. The van der Waals surface area contributed by atoms with Crippen LogP contribution in [-0.2, 0) is 37.3 Å². The number of aryl methyl sites for hydroxylation is 4. The molecule has 2 aromatic carbocycles. The maximum atomic E-state index is 13.9. The predicted molar refractivity (Wildman–Crippen MR) is 263 cm³/mol. The molecule has 4 aromatic heterocycles. The van der Waals surface area contributed by atoms with Crippen LogP contribution in [0.2, 0.25) is 0 Å². The van der Waals surface area contributed by atoms with Crippen LogP contribution < -0.4 is 21.5 Å². The van der Waals surface area contributed by atoms with Crippen molar-refractivity contribution in [3.8, 4) is 5.75 Å². The van der Waals surface area contributed by atoms with Crippen molar-refractivity contribution in [2.75, 3.05) is 50.9 Å². The Labute approximate surface area is 402 Å². The third kappa shape index (κ3) is 10.2. The third-order valence-corrected chi connectivity index (χ3v) is 14.4. The number of primary amides is 2. The number of thioether (sulfide) groups is 1. The zero-order valence-electron chi connectivity index (χ0n) is 39.2. The number of ketones is 1. The van der Waals surface area contributed by atoms with Gasteiger partial charge in [0.2, 0.25) is 23.7 Å². The minimum atomic E-state index is -0.653. The standard InChI is InChI=1S/C48H58N12O6S2/c1-6-33-43(68-29(4)51-33)37(61)27-40-52-35-24-32(45(50)63)26-39(67-5)42(35)58(40)15-8-9-16-59-41-34(53-48(59)54-46(64)36-22-28(3)55-60(36)7-2)23-31(44(49)62)25-38(41)66-21-11-14-56-17-19-57(20-18-56)47(65)30-12-10-13-30/h8-9,22-26,30H,6-7,10-21,27H2,1-5H3,(H2,49,62)(H2,50,63)(H,53,54,64)/b9-8+. The number of nitrogens with zero attached hydrogens (tertiary/aromatic N) is 9. The number of imidazole rings is 2. The van der Waals surface area contributed by atoms with Crippen LogP contribution >= 0.6 is 23.1 Å². The monoisotopic (exact) mass is 962 g/mol. The molecule has 8 rings (SSSR count). The first kappa shape index (κ1) is 48.1. The van der Waals surface area contributed by atoms with Gasteiger partial charge in [-0.15, -0.1) is 23.1 Å². The van der Waals surface area contributed by atoms with Crippen LogP contribution in [0.15, 0.2) is 47.4 Å². The van der Waals surface area contributed by atoms with E-state index in [2.05, 4.69) is 20.3 Å². The topological polar surface area (TPSA) is 231 Å². The van der Waals surface area contributed by atoms with E-state index in [4.69, 9.17) is 26.2 Å². The van der Waals surface area contributed by atoms with Crippen LogP contribution in [-0.4, -0.2) is 119 Å². The average Bonchev–Trinajstić information content (AvgIpc) is 4.07. The Morgan fingerprint density at radius 2 is 1.57 bits per heavy atom. The zero-order valence-corrected chi connectivity index (χ0v) is 40.8. The van der Waals surface area contributed by atoms with Crippen molar-refractivity contribution in [2.45, 2.75) is 90.7 Å². The number of hydrogen-bond donors (Lipinski definition) is 3. The van der Waals surface area contributed by atoms with Crippen LogP contribution in [0.4, 0.5) is 5.95 Å². The fourth-order valence-corrected chi connectivity index (χ4v) is 10.5. The number of Topliss-reactive ketones (excluding diaryl/α,β-unsaturated/α-hetero) is 1. The number of anilines is 1. The van der Waals surface area contributed by atoms with Crippen LogP contribution in [0.3, 0.4) is 0 Å². The van der Waals surface area contributed by atoms with Gasteiger partial charge in [-0.05, 0) is 83.0 Å². The average molecular weight is 963 g/mol. The van der Waals surface area contributed by atoms with Gasteiger partial charge in [0.1, 0.15) is 22.8 Å². The molecule has 1 aliphatic carbocycles. The Balaban J connectivity index is 1.09. The van der Waals surface area contributed by atoms with Gasteiger partial charge in [0.05, 0.1) is 50.9 Å². The quantitative estimate of drug-likeness (QED) is 0.0357. The van der Waals surface area contributed by atoms with E-state index in [0.717, 1.165) is 73.1 Å². The van der Waals surface area contributed by atoms with Crippen molar-refractivity contribution in [3.05, 3.63) is 86.4 Å². The van der Waals surface area contributed by atoms with E-state index in [0.29, 0.717) is 82.5 Å². The maximum Gasteiger partial charge on any atom is 0.276 e. The number of amides is 4. The van der Waals surface area contributed by atoms with Crippen molar-refractivity contribution in [2.24, 2.45) is 17.4 Å². The fourth-order valence-electron chi connectivity index (χ4n) is 8.89. The number of piperazine rings is 1. The lowest BCUT2D eigenvalue weighted by Crippen LogP contribution is -2.51. The summed E-state index contributed by atoms with van der Waals surface area (Å²) in [5.41, 5.74) is 16.1. The molecule has 1 aliphatic heterocycles. The predicted octanol–water partition coefficient (Wildman–Crippen LogP) is 5.81. The number of nitrogens with one attached hydrogen (secondary N) is 1. The maximum absolute atomic E-state index is 13.9. The molecule has 0 spiro atoms. The SMILES string of the molecule is CCc1nc(C)sc1C(=O)Cc1nc2cc(C(N)=O)cc(SC)c2n1C/C=C/Cn1c(NC(=O)c2cc(C)nn2CC)nc2cc(C(N)=O)cc(OCCCN3CCN(C(=O)C4CCC4)CC3)c21. The number of nitrogens with two attached hydrogens (primary N) is 2. The second kappa shape index (κ2) is 20.9. The number of benzene rings is 2. The first-order valence-electron chi connectivity index (χ1n) is 23.1. The van der Waals surface area contributed by atoms with Gasteiger partial charge in [-0.3, -0.25) is 38.9 Å². The van der Waals surface area contributed by atoms with E-state index in [-0.39, 0.29) is 42.1 Å². The largest absolute Gasteiger partial charge is 0.491 e. The number of rotatable bonds is 20. The van der Waals surface area contributed by atoms with Crippen molar-refractivity contribution < 1.29 is 28.7 Å². The van der Waals surface area contributed by atoms with Crippen molar-refractivity contribution in [1.29, 1.82) is 0 Å². The molecule has 1 saturated carbocycles. The molecular weight excluding hydrogens is 905 g/mol. The molecule has 2 aliphatic rings. The summed E-state index contributed by atoms with van der Waals surface area (Å²) in [6.45, 7) is 12.7. The number of hydrogen-bond acceptors (Lipinski definition) is 13. The summed E-state index contributed by atoms with van der Waals surface area (Å²) in [7, 11) is 0. The van der Waals surface area contributed by atoms with E-state index in [1.807, 2.05) is 60.1 Å². The highest BCUT2D eigenvalue weighted by Crippen LogP contribution is 2.34. The Kier molecular flexibility index (Phi) is 14.8. The minimum Gasteiger partial charge on any atom is -0.491 e. The number of thiazole rings is 1.